The first-order valence-corrected chi connectivity index (χ1v) is 8.98. The van der Waals surface area contributed by atoms with E-state index in [-0.39, 0.29) is 16.7 Å². The van der Waals surface area contributed by atoms with Crippen molar-refractivity contribution in [3.63, 3.8) is 0 Å². The maximum Gasteiger partial charge on any atom is 0.247 e. The molecule has 1 fully saturated rings. The van der Waals surface area contributed by atoms with E-state index in [0.717, 1.165) is 12.0 Å². The van der Waals surface area contributed by atoms with Gasteiger partial charge in [0, 0.05) is 12.5 Å². The molecule has 0 radical (unpaired) electrons. The minimum atomic E-state index is -0.522. The molecule has 3 rings (SSSR count). The van der Waals surface area contributed by atoms with Crippen LogP contribution in [0.1, 0.15) is 43.4 Å². The van der Waals surface area contributed by atoms with Gasteiger partial charge in [0.05, 0.1) is 17.6 Å². The van der Waals surface area contributed by atoms with E-state index in [1.54, 1.807) is 6.08 Å². The third-order valence-electron chi connectivity index (χ3n) is 4.89. The standard InChI is InChI=1S/C21H24N2O3/c1-2-21(22-20(16-26-21)18-11-7-4-8-12-18)14-13-19(23(24)25)15-17-9-5-3-6-10-17/h3-12,15,20,22H,2,13-14,16H2,1H3/t20-,21?/m0/s1. The van der Waals surface area contributed by atoms with Crippen molar-refractivity contribution in [2.45, 2.75) is 38.0 Å². The quantitative estimate of drug-likeness (QED) is 0.586. The molecule has 1 heterocycles. The van der Waals surface area contributed by atoms with Crippen molar-refractivity contribution in [1.82, 2.24) is 5.32 Å². The van der Waals surface area contributed by atoms with Crippen LogP contribution in [0.4, 0.5) is 0 Å². The smallest absolute Gasteiger partial charge is 0.247 e. The van der Waals surface area contributed by atoms with Crippen LogP contribution >= 0.6 is 0 Å². The van der Waals surface area contributed by atoms with Crippen molar-refractivity contribution in [1.29, 1.82) is 0 Å². The summed E-state index contributed by atoms with van der Waals surface area (Å²) < 4.78 is 6.08. The zero-order chi connectivity index (χ0) is 18.4. The van der Waals surface area contributed by atoms with Crippen LogP contribution in [-0.2, 0) is 4.74 Å². The highest BCUT2D eigenvalue weighted by molar-refractivity contribution is 5.50. The zero-order valence-electron chi connectivity index (χ0n) is 14.9. The summed E-state index contributed by atoms with van der Waals surface area (Å²) in [7, 11) is 0. The Morgan fingerprint density at radius 1 is 1.23 bits per heavy atom. The van der Waals surface area contributed by atoms with Gasteiger partial charge < -0.3 is 4.74 Å². The Bertz CT molecular complexity index is 761. The molecule has 5 nitrogen and oxygen atoms in total. The van der Waals surface area contributed by atoms with E-state index in [1.807, 2.05) is 55.5 Å². The van der Waals surface area contributed by atoms with Crippen molar-refractivity contribution in [3.05, 3.63) is 87.6 Å². The van der Waals surface area contributed by atoms with E-state index in [2.05, 4.69) is 17.4 Å². The molecule has 1 saturated heterocycles. The van der Waals surface area contributed by atoms with Crippen LogP contribution in [0.3, 0.4) is 0 Å². The Morgan fingerprint density at radius 3 is 2.50 bits per heavy atom. The van der Waals surface area contributed by atoms with Gasteiger partial charge in [-0.05, 0) is 24.0 Å². The molecule has 0 spiro atoms. The second-order valence-electron chi connectivity index (χ2n) is 6.57. The van der Waals surface area contributed by atoms with Crippen LogP contribution in [0.2, 0.25) is 0 Å². The van der Waals surface area contributed by atoms with E-state index in [1.165, 1.54) is 5.56 Å². The van der Waals surface area contributed by atoms with E-state index in [4.69, 9.17) is 4.74 Å². The lowest BCUT2D eigenvalue weighted by Crippen LogP contribution is -2.41. The third-order valence-corrected chi connectivity index (χ3v) is 4.89. The zero-order valence-corrected chi connectivity index (χ0v) is 14.9. The van der Waals surface area contributed by atoms with Gasteiger partial charge in [-0.3, -0.25) is 15.4 Å². The number of hydrogen-bond acceptors (Lipinski definition) is 4. The number of nitrogens with one attached hydrogen (secondary N) is 1. The van der Waals surface area contributed by atoms with Crippen LogP contribution < -0.4 is 5.32 Å². The molecule has 1 aliphatic heterocycles. The lowest BCUT2D eigenvalue weighted by Gasteiger charge is -2.27. The van der Waals surface area contributed by atoms with Gasteiger partial charge in [0.1, 0.15) is 5.72 Å². The Balaban J connectivity index is 1.70. The predicted octanol–water partition coefficient (Wildman–Crippen LogP) is 4.55. The molecular weight excluding hydrogens is 328 g/mol. The first-order valence-electron chi connectivity index (χ1n) is 8.98. The molecule has 136 valence electrons. The molecule has 0 bridgehead atoms. The second kappa shape index (κ2) is 8.25. The van der Waals surface area contributed by atoms with Gasteiger partial charge >= 0.3 is 0 Å². The van der Waals surface area contributed by atoms with Crippen molar-refractivity contribution in [2.24, 2.45) is 0 Å². The van der Waals surface area contributed by atoms with Gasteiger partial charge in [0.2, 0.25) is 5.70 Å². The summed E-state index contributed by atoms with van der Waals surface area (Å²) in [6.07, 6.45) is 3.32. The topological polar surface area (TPSA) is 64.4 Å². The fourth-order valence-electron chi connectivity index (χ4n) is 3.32. The number of nitro groups is 1. The Morgan fingerprint density at radius 2 is 1.88 bits per heavy atom. The van der Waals surface area contributed by atoms with Gasteiger partial charge in [-0.2, -0.15) is 0 Å². The highest BCUT2D eigenvalue weighted by atomic mass is 16.6. The normalized spacial score (nSPS) is 23.1. The number of allylic oxidation sites excluding steroid dienone is 1. The summed E-state index contributed by atoms with van der Waals surface area (Å²) in [5.41, 5.74) is 1.70. The fourth-order valence-corrected chi connectivity index (χ4v) is 3.32. The van der Waals surface area contributed by atoms with Gasteiger partial charge in [-0.15, -0.1) is 0 Å². The molecule has 1 aliphatic rings. The van der Waals surface area contributed by atoms with E-state index in [9.17, 15) is 10.1 Å². The summed E-state index contributed by atoms with van der Waals surface area (Å²) in [6.45, 7) is 2.63. The summed E-state index contributed by atoms with van der Waals surface area (Å²) in [5, 5.41) is 15.0. The third kappa shape index (κ3) is 4.36. The number of hydrogen-bond donors (Lipinski definition) is 1. The number of benzene rings is 2. The summed E-state index contributed by atoms with van der Waals surface area (Å²) >= 11 is 0. The molecule has 1 unspecified atom stereocenters. The minimum Gasteiger partial charge on any atom is -0.359 e. The van der Waals surface area contributed by atoms with Crippen LogP contribution in [-0.4, -0.2) is 17.3 Å². The summed E-state index contributed by atoms with van der Waals surface area (Å²) in [6, 6.07) is 19.7. The van der Waals surface area contributed by atoms with Gasteiger partial charge in [-0.1, -0.05) is 67.6 Å². The Hall–Kier alpha value is -2.50. The second-order valence-corrected chi connectivity index (χ2v) is 6.57. The molecule has 26 heavy (non-hydrogen) atoms. The minimum absolute atomic E-state index is 0.119. The highest BCUT2D eigenvalue weighted by Gasteiger charge is 2.39. The molecular formula is C21H24N2O3. The molecule has 0 aliphatic carbocycles. The molecule has 2 aromatic carbocycles. The monoisotopic (exact) mass is 352 g/mol. The Labute approximate surface area is 153 Å². The lowest BCUT2D eigenvalue weighted by atomic mass is 10.0. The van der Waals surface area contributed by atoms with Gasteiger partial charge in [-0.25, -0.2) is 0 Å². The largest absolute Gasteiger partial charge is 0.359 e. The van der Waals surface area contributed by atoms with E-state index >= 15 is 0 Å². The number of rotatable bonds is 7. The van der Waals surface area contributed by atoms with Crippen LogP contribution in [0.15, 0.2) is 66.4 Å². The van der Waals surface area contributed by atoms with Crippen molar-refractivity contribution in [3.8, 4) is 0 Å². The SMILES string of the molecule is CCC1(CCC(=Cc2ccccc2)[N+](=O)[O-])N[C@H](c2ccccc2)CO1. The van der Waals surface area contributed by atoms with Crippen molar-refractivity contribution < 1.29 is 9.66 Å². The first kappa shape index (κ1) is 18.3. The Kier molecular flexibility index (Phi) is 5.81. The first-order chi connectivity index (χ1) is 12.6. The van der Waals surface area contributed by atoms with Gasteiger partial charge in [0.15, 0.2) is 0 Å². The molecule has 2 aromatic rings. The average Bonchev–Trinajstić information content (AvgIpc) is 3.11. The maximum absolute atomic E-state index is 11.5. The lowest BCUT2D eigenvalue weighted by molar-refractivity contribution is -0.426. The fraction of sp³-hybridized carbons (Fsp3) is 0.333. The summed E-state index contributed by atoms with van der Waals surface area (Å²) in [4.78, 5) is 11.2. The van der Waals surface area contributed by atoms with Crippen molar-refractivity contribution in [2.75, 3.05) is 6.61 Å². The predicted molar refractivity (Wildman–Crippen MR) is 102 cm³/mol. The van der Waals surface area contributed by atoms with Crippen LogP contribution in [0.5, 0.6) is 0 Å². The van der Waals surface area contributed by atoms with E-state index < -0.39 is 5.72 Å². The molecule has 0 saturated carbocycles. The molecule has 0 amide bonds. The van der Waals surface area contributed by atoms with E-state index in [0.29, 0.717) is 19.4 Å². The molecule has 0 aromatic heterocycles. The number of ether oxygens (including phenoxy) is 1. The molecule has 1 N–H and O–H groups in total. The maximum atomic E-state index is 11.5. The highest BCUT2D eigenvalue weighted by Crippen LogP contribution is 2.33. The molecule has 2 atom stereocenters. The summed E-state index contributed by atoms with van der Waals surface area (Å²) in [5.74, 6) is 0. The van der Waals surface area contributed by atoms with Crippen LogP contribution in [0, 0.1) is 10.1 Å². The van der Waals surface area contributed by atoms with Gasteiger partial charge in [0.25, 0.3) is 0 Å². The average molecular weight is 352 g/mol. The number of nitrogens with zero attached hydrogens (tertiary/aromatic N) is 1. The van der Waals surface area contributed by atoms with Crippen molar-refractivity contribution >= 4 is 6.08 Å². The molecule has 5 heteroatoms. The van der Waals surface area contributed by atoms with Crippen LogP contribution in [0.25, 0.3) is 6.08 Å².